The van der Waals surface area contributed by atoms with Gasteiger partial charge in [0.05, 0.1) is 17.2 Å². The topological polar surface area (TPSA) is 84.0 Å². The van der Waals surface area contributed by atoms with Crippen molar-refractivity contribution in [2.75, 3.05) is 11.1 Å². The Morgan fingerprint density at radius 3 is 2.77 bits per heavy atom. The van der Waals surface area contributed by atoms with Gasteiger partial charge >= 0.3 is 0 Å². The molecule has 1 fully saturated rings. The van der Waals surface area contributed by atoms with E-state index >= 15 is 0 Å². The van der Waals surface area contributed by atoms with Crippen LogP contribution >= 0.6 is 34.4 Å². The van der Waals surface area contributed by atoms with Gasteiger partial charge in [-0.15, -0.1) is 21.5 Å². The minimum absolute atomic E-state index is 0.0734. The minimum atomic E-state index is -0.0734. The molecule has 2 N–H and O–H groups in total. The standard InChI is InChI=1S/C17H22N4O2S3/c1-11(22)18-9-13-7-8-15(25-13)14(23)10-24-17-21-20-16(26-17)19-12-5-3-2-4-6-12/h7-8,12H,2-6,9-10H2,1H3,(H,18,22)(H,19,20). The van der Waals surface area contributed by atoms with Gasteiger partial charge in [-0.05, 0) is 25.0 Å². The molecule has 1 saturated carbocycles. The molecule has 0 atom stereocenters. The van der Waals surface area contributed by atoms with Gasteiger partial charge in [-0.2, -0.15) is 0 Å². The first kappa shape index (κ1) is 19.3. The first-order valence-electron chi connectivity index (χ1n) is 8.69. The van der Waals surface area contributed by atoms with E-state index in [2.05, 4.69) is 20.8 Å². The average molecular weight is 411 g/mol. The number of nitrogens with zero attached hydrogens (tertiary/aromatic N) is 2. The number of nitrogens with one attached hydrogen (secondary N) is 2. The number of amides is 1. The molecule has 0 bridgehead atoms. The molecule has 0 saturated heterocycles. The fourth-order valence-corrected chi connectivity index (χ4v) is 5.47. The van der Waals surface area contributed by atoms with Gasteiger partial charge in [0.2, 0.25) is 11.0 Å². The third kappa shape index (κ3) is 5.78. The maximum absolute atomic E-state index is 12.3. The number of thiophene rings is 1. The number of hydrogen-bond donors (Lipinski definition) is 2. The molecule has 1 aliphatic rings. The second-order valence-electron chi connectivity index (χ2n) is 6.24. The van der Waals surface area contributed by atoms with Crippen molar-refractivity contribution in [1.82, 2.24) is 15.5 Å². The monoisotopic (exact) mass is 410 g/mol. The number of rotatable bonds is 8. The first-order chi connectivity index (χ1) is 12.6. The van der Waals surface area contributed by atoms with Crippen molar-refractivity contribution >= 4 is 51.3 Å². The molecular formula is C17H22N4O2S3. The highest BCUT2D eigenvalue weighted by molar-refractivity contribution is 8.01. The summed E-state index contributed by atoms with van der Waals surface area (Å²) >= 11 is 4.36. The van der Waals surface area contributed by atoms with Gasteiger partial charge in [0.1, 0.15) is 0 Å². The van der Waals surface area contributed by atoms with Crippen LogP contribution in [-0.4, -0.2) is 33.7 Å². The lowest BCUT2D eigenvalue weighted by atomic mass is 9.96. The molecule has 6 nitrogen and oxygen atoms in total. The van der Waals surface area contributed by atoms with Gasteiger partial charge in [0.15, 0.2) is 10.1 Å². The molecule has 9 heteroatoms. The zero-order valence-corrected chi connectivity index (χ0v) is 17.1. The number of carbonyl (C=O) groups is 2. The van der Waals surface area contributed by atoms with E-state index in [-0.39, 0.29) is 11.7 Å². The Balaban J connectivity index is 1.46. The summed E-state index contributed by atoms with van der Waals surface area (Å²) in [5.74, 6) is 0.347. The molecule has 0 aromatic carbocycles. The van der Waals surface area contributed by atoms with Crippen LogP contribution in [0.4, 0.5) is 5.13 Å². The van der Waals surface area contributed by atoms with Crippen LogP contribution in [0.1, 0.15) is 53.6 Å². The van der Waals surface area contributed by atoms with Crippen molar-refractivity contribution in [1.29, 1.82) is 0 Å². The van der Waals surface area contributed by atoms with Crippen LogP contribution in [0.15, 0.2) is 16.5 Å². The number of Topliss-reactive ketones (excluding diaryl/α,β-unsaturated/α-hetero) is 1. The Labute approximate surface area is 165 Å². The summed E-state index contributed by atoms with van der Waals surface area (Å²) in [7, 11) is 0. The minimum Gasteiger partial charge on any atom is -0.357 e. The van der Waals surface area contributed by atoms with Crippen LogP contribution in [0.2, 0.25) is 0 Å². The summed E-state index contributed by atoms with van der Waals surface area (Å²) < 4.78 is 0.812. The molecule has 0 unspecified atom stereocenters. The maximum atomic E-state index is 12.3. The van der Waals surface area contributed by atoms with Crippen molar-refractivity contribution in [3.8, 4) is 0 Å². The van der Waals surface area contributed by atoms with Crippen LogP contribution < -0.4 is 10.6 Å². The first-order valence-corrected chi connectivity index (χ1v) is 11.3. The number of anilines is 1. The van der Waals surface area contributed by atoms with Gasteiger partial charge in [-0.25, -0.2) is 0 Å². The highest BCUT2D eigenvalue weighted by atomic mass is 32.2. The lowest BCUT2D eigenvalue weighted by Crippen LogP contribution is -2.21. The molecule has 1 amide bonds. The lowest BCUT2D eigenvalue weighted by molar-refractivity contribution is -0.119. The van der Waals surface area contributed by atoms with Crippen molar-refractivity contribution < 1.29 is 9.59 Å². The zero-order valence-electron chi connectivity index (χ0n) is 14.6. The third-order valence-corrected chi connectivity index (χ3v) is 7.23. The maximum Gasteiger partial charge on any atom is 0.217 e. The highest BCUT2D eigenvalue weighted by Crippen LogP contribution is 2.29. The fourth-order valence-electron chi connectivity index (χ4n) is 2.78. The Morgan fingerprint density at radius 1 is 1.19 bits per heavy atom. The molecular weight excluding hydrogens is 388 g/mol. The molecule has 0 radical (unpaired) electrons. The van der Waals surface area contributed by atoms with E-state index < -0.39 is 0 Å². The molecule has 1 aliphatic carbocycles. The van der Waals surface area contributed by atoms with Crippen LogP contribution in [0, 0.1) is 0 Å². The van der Waals surface area contributed by atoms with Gasteiger partial charge in [-0.3, -0.25) is 9.59 Å². The molecule has 0 aliphatic heterocycles. The smallest absolute Gasteiger partial charge is 0.217 e. The van der Waals surface area contributed by atoms with E-state index in [1.54, 1.807) is 0 Å². The number of aromatic nitrogens is 2. The van der Waals surface area contributed by atoms with Crippen molar-refractivity contribution in [3.05, 3.63) is 21.9 Å². The second kappa shape index (κ2) is 9.48. The Kier molecular flexibility index (Phi) is 7.04. The predicted molar refractivity (Wildman–Crippen MR) is 107 cm³/mol. The molecule has 2 aromatic rings. The van der Waals surface area contributed by atoms with Crippen molar-refractivity contribution in [2.45, 2.75) is 56.0 Å². The molecule has 26 heavy (non-hydrogen) atoms. The molecule has 2 aromatic heterocycles. The highest BCUT2D eigenvalue weighted by Gasteiger charge is 2.16. The number of thioether (sulfide) groups is 1. The number of carbonyl (C=O) groups excluding carboxylic acids is 2. The van der Waals surface area contributed by atoms with E-state index in [0.29, 0.717) is 23.2 Å². The van der Waals surface area contributed by atoms with Crippen molar-refractivity contribution in [2.24, 2.45) is 0 Å². The molecule has 0 spiro atoms. The van der Waals surface area contributed by atoms with E-state index in [0.717, 1.165) is 14.3 Å². The quantitative estimate of drug-likeness (QED) is 0.506. The zero-order chi connectivity index (χ0) is 18.4. The van der Waals surface area contributed by atoms with Crippen LogP contribution in [0.5, 0.6) is 0 Å². The van der Waals surface area contributed by atoms with Crippen LogP contribution in [0.25, 0.3) is 0 Å². The molecule has 2 heterocycles. The van der Waals surface area contributed by atoms with Crippen LogP contribution in [-0.2, 0) is 11.3 Å². The second-order valence-corrected chi connectivity index (χ2v) is 9.61. The van der Waals surface area contributed by atoms with Gasteiger partial charge in [0, 0.05) is 17.8 Å². The van der Waals surface area contributed by atoms with Crippen molar-refractivity contribution in [3.63, 3.8) is 0 Å². The number of ketones is 1. The SMILES string of the molecule is CC(=O)NCc1ccc(C(=O)CSc2nnc(NC3CCCCC3)s2)s1. The summed E-state index contributed by atoms with van der Waals surface area (Å²) in [6.45, 7) is 1.95. The largest absolute Gasteiger partial charge is 0.357 e. The summed E-state index contributed by atoms with van der Waals surface area (Å²) in [6, 6.07) is 4.21. The van der Waals surface area contributed by atoms with Crippen LogP contribution in [0.3, 0.4) is 0 Å². The predicted octanol–water partition coefficient (Wildman–Crippen LogP) is 3.96. The molecule has 3 rings (SSSR count). The summed E-state index contributed by atoms with van der Waals surface area (Å²) in [6.07, 6.45) is 6.26. The normalized spacial score (nSPS) is 15.0. The summed E-state index contributed by atoms with van der Waals surface area (Å²) in [5, 5.41) is 15.4. The lowest BCUT2D eigenvalue weighted by Gasteiger charge is -2.21. The van der Waals surface area contributed by atoms with Gasteiger partial charge in [0.25, 0.3) is 0 Å². The summed E-state index contributed by atoms with van der Waals surface area (Å²) in [4.78, 5) is 25.0. The molecule has 140 valence electrons. The summed E-state index contributed by atoms with van der Waals surface area (Å²) in [5.41, 5.74) is 0. The van der Waals surface area contributed by atoms with Gasteiger partial charge in [-0.1, -0.05) is 42.4 Å². The Bertz CT molecular complexity index is 753. The number of hydrogen-bond acceptors (Lipinski definition) is 8. The van der Waals surface area contributed by atoms with E-state index in [1.807, 2.05) is 12.1 Å². The van der Waals surface area contributed by atoms with Gasteiger partial charge < -0.3 is 10.6 Å². The Hall–Kier alpha value is -1.45. The Morgan fingerprint density at radius 2 is 2.00 bits per heavy atom. The fraction of sp³-hybridized carbons (Fsp3) is 0.529. The van der Waals surface area contributed by atoms with E-state index in [9.17, 15) is 9.59 Å². The average Bonchev–Trinajstić information content (AvgIpc) is 3.28. The third-order valence-electron chi connectivity index (χ3n) is 4.11. The van der Waals surface area contributed by atoms with E-state index in [4.69, 9.17) is 0 Å². The van der Waals surface area contributed by atoms with E-state index in [1.165, 1.54) is 73.5 Å².